The van der Waals surface area contributed by atoms with Gasteiger partial charge >= 0.3 is 0 Å². The summed E-state index contributed by atoms with van der Waals surface area (Å²) in [5.41, 5.74) is -0.458. The molecule has 0 aromatic heterocycles. The molecule has 2 atom stereocenters. The SMILES string of the molecule is CC(C)CNC(=O)C(C)NC(=O)C(C)(C)C1CCCNC1. The highest BCUT2D eigenvalue weighted by atomic mass is 16.2. The lowest BCUT2D eigenvalue weighted by atomic mass is 9.74. The summed E-state index contributed by atoms with van der Waals surface area (Å²) < 4.78 is 0. The Morgan fingerprint density at radius 3 is 2.48 bits per heavy atom. The molecule has 21 heavy (non-hydrogen) atoms. The van der Waals surface area contributed by atoms with Crippen molar-refractivity contribution in [1.82, 2.24) is 16.0 Å². The maximum absolute atomic E-state index is 12.5. The summed E-state index contributed by atoms with van der Waals surface area (Å²) in [6.07, 6.45) is 2.16. The monoisotopic (exact) mass is 297 g/mol. The molecule has 3 N–H and O–H groups in total. The van der Waals surface area contributed by atoms with Gasteiger partial charge in [-0.15, -0.1) is 0 Å². The van der Waals surface area contributed by atoms with Crippen molar-refractivity contribution >= 4 is 11.8 Å². The van der Waals surface area contributed by atoms with Crippen LogP contribution in [0.2, 0.25) is 0 Å². The van der Waals surface area contributed by atoms with Crippen molar-refractivity contribution in [2.24, 2.45) is 17.3 Å². The molecule has 1 aliphatic heterocycles. The van der Waals surface area contributed by atoms with E-state index in [0.29, 0.717) is 18.4 Å². The van der Waals surface area contributed by atoms with Crippen LogP contribution in [-0.4, -0.2) is 37.5 Å². The molecule has 5 heteroatoms. The van der Waals surface area contributed by atoms with Crippen LogP contribution < -0.4 is 16.0 Å². The average Bonchev–Trinajstić information content (AvgIpc) is 2.45. The summed E-state index contributed by atoms with van der Waals surface area (Å²) in [5.74, 6) is 0.566. The first kappa shape index (κ1) is 18.0. The van der Waals surface area contributed by atoms with Crippen molar-refractivity contribution in [3.05, 3.63) is 0 Å². The van der Waals surface area contributed by atoms with Crippen LogP contribution in [-0.2, 0) is 9.59 Å². The Bertz CT molecular complexity index is 361. The zero-order chi connectivity index (χ0) is 16.0. The first-order valence-electron chi connectivity index (χ1n) is 8.04. The summed E-state index contributed by atoms with van der Waals surface area (Å²) in [7, 11) is 0. The van der Waals surface area contributed by atoms with E-state index in [1.165, 1.54) is 0 Å². The number of amides is 2. The van der Waals surface area contributed by atoms with Crippen molar-refractivity contribution in [2.45, 2.75) is 53.5 Å². The van der Waals surface area contributed by atoms with Crippen LogP contribution in [0.1, 0.15) is 47.5 Å². The van der Waals surface area contributed by atoms with Crippen LogP contribution in [0.15, 0.2) is 0 Å². The number of hydrogen-bond acceptors (Lipinski definition) is 3. The molecule has 2 unspecified atom stereocenters. The number of nitrogens with one attached hydrogen (secondary N) is 3. The summed E-state index contributed by atoms with van der Waals surface area (Å²) >= 11 is 0. The predicted molar refractivity (Wildman–Crippen MR) is 84.8 cm³/mol. The normalized spacial score (nSPS) is 21.0. The predicted octanol–water partition coefficient (Wildman–Crippen LogP) is 1.29. The Labute approximate surface area is 128 Å². The zero-order valence-corrected chi connectivity index (χ0v) is 14.1. The van der Waals surface area contributed by atoms with E-state index < -0.39 is 11.5 Å². The number of carbonyl (C=O) groups is 2. The summed E-state index contributed by atoms with van der Waals surface area (Å²) in [6, 6.07) is -0.493. The molecule has 0 aliphatic carbocycles. The van der Waals surface area contributed by atoms with Gasteiger partial charge in [-0.25, -0.2) is 0 Å². The highest BCUT2D eigenvalue weighted by Crippen LogP contribution is 2.32. The Kier molecular flexibility index (Phi) is 6.65. The second-order valence-electron chi connectivity index (χ2n) is 7.10. The molecule has 0 spiro atoms. The van der Waals surface area contributed by atoms with Crippen molar-refractivity contribution in [1.29, 1.82) is 0 Å². The van der Waals surface area contributed by atoms with Gasteiger partial charge in [-0.2, -0.15) is 0 Å². The van der Waals surface area contributed by atoms with Gasteiger partial charge in [-0.3, -0.25) is 9.59 Å². The molecule has 0 bridgehead atoms. The molecule has 1 aliphatic rings. The first-order chi connectivity index (χ1) is 9.75. The summed E-state index contributed by atoms with van der Waals surface area (Å²) in [5, 5.41) is 9.06. The molecule has 1 rings (SSSR count). The minimum Gasteiger partial charge on any atom is -0.354 e. The second-order valence-corrected chi connectivity index (χ2v) is 7.10. The van der Waals surface area contributed by atoms with Crippen LogP contribution in [0.3, 0.4) is 0 Å². The Hall–Kier alpha value is -1.10. The minimum absolute atomic E-state index is 0.0385. The van der Waals surface area contributed by atoms with Gasteiger partial charge in [-0.1, -0.05) is 27.7 Å². The molecule has 5 nitrogen and oxygen atoms in total. The fraction of sp³-hybridized carbons (Fsp3) is 0.875. The molecular weight excluding hydrogens is 266 g/mol. The molecule has 0 aromatic rings. The topological polar surface area (TPSA) is 70.2 Å². The molecular formula is C16H31N3O2. The Morgan fingerprint density at radius 2 is 1.95 bits per heavy atom. The van der Waals surface area contributed by atoms with Gasteiger partial charge in [0, 0.05) is 12.0 Å². The van der Waals surface area contributed by atoms with Crippen LogP contribution in [0.5, 0.6) is 0 Å². The van der Waals surface area contributed by atoms with E-state index in [4.69, 9.17) is 0 Å². The number of carbonyl (C=O) groups excluding carboxylic acids is 2. The second kappa shape index (κ2) is 7.78. The fourth-order valence-electron chi connectivity index (χ4n) is 2.56. The van der Waals surface area contributed by atoms with Gasteiger partial charge in [0.15, 0.2) is 0 Å². The lowest BCUT2D eigenvalue weighted by Crippen LogP contribution is -2.53. The van der Waals surface area contributed by atoms with Gasteiger partial charge in [0.1, 0.15) is 6.04 Å². The third-order valence-electron chi connectivity index (χ3n) is 4.33. The van der Waals surface area contributed by atoms with E-state index in [9.17, 15) is 9.59 Å². The van der Waals surface area contributed by atoms with E-state index in [1.54, 1.807) is 6.92 Å². The van der Waals surface area contributed by atoms with Gasteiger partial charge in [0.25, 0.3) is 0 Å². The number of rotatable bonds is 6. The standard InChI is InChI=1S/C16H31N3O2/c1-11(2)9-18-14(20)12(3)19-15(21)16(4,5)13-7-6-8-17-10-13/h11-13,17H,6-10H2,1-5H3,(H,18,20)(H,19,21). The van der Waals surface area contributed by atoms with E-state index in [-0.39, 0.29) is 11.8 Å². The Balaban J connectivity index is 2.51. The summed E-state index contributed by atoms with van der Waals surface area (Å²) in [6.45, 7) is 12.3. The molecule has 0 radical (unpaired) electrons. The van der Waals surface area contributed by atoms with Crippen LogP contribution in [0.25, 0.3) is 0 Å². The third-order valence-corrected chi connectivity index (χ3v) is 4.33. The van der Waals surface area contributed by atoms with Gasteiger partial charge < -0.3 is 16.0 Å². The highest BCUT2D eigenvalue weighted by molar-refractivity contribution is 5.89. The van der Waals surface area contributed by atoms with Gasteiger partial charge in [0.2, 0.25) is 11.8 Å². The molecule has 122 valence electrons. The van der Waals surface area contributed by atoms with Crippen LogP contribution >= 0.6 is 0 Å². The maximum Gasteiger partial charge on any atom is 0.242 e. The molecule has 0 aromatic carbocycles. The lowest BCUT2D eigenvalue weighted by Gasteiger charge is -2.36. The van der Waals surface area contributed by atoms with E-state index in [2.05, 4.69) is 16.0 Å². The largest absolute Gasteiger partial charge is 0.354 e. The molecule has 1 heterocycles. The lowest BCUT2D eigenvalue weighted by molar-refractivity contribution is -0.136. The Morgan fingerprint density at radius 1 is 1.29 bits per heavy atom. The average molecular weight is 297 g/mol. The maximum atomic E-state index is 12.5. The van der Waals surface area contributed by atoms with Crippen LogP contribution in [0, 0.1) is 17.3 Å². The number of piperidine rings is 1. The quantitative estimate of drug-likeness (QED) is 0.692. The molecule has 0 saturated carbocycles. The van der Waals surface area contributed by atoms with Gasteiger partial charge in [-0.05, 0) is 44.7 Å². The summed E-state index contributed by atoms with van der Waals surface area (Å²) in [4.78, 5) is 24.4. The minimum atomic E-state index is -0.493. The zero-order valence-electron chi connectivity index (χ0n) is 14.1. The molecule has 1 saturated heterocycles. The van der Waals surface area contributed by atoms with E-state index in [0.717, 1.165) is 25.9 Å². The number of hydrogen-bond donors (Lipinski definition) is 3. The van der Waals surface area contributed by atoms with E-state index >= 15 is 0 Å². The molecule has 2 amide bonds. The van der Waals surface area contributed by atoms with Crippen molar-refractivity contribution in [3.8, 4) is 0 Å². The van der Waals surface area contributed by atoms with Gasteiger partial charge in [0.05, 0.1) is 0 Å². The smallest absolute Gasteiger partial charge is 0.242 e. The van der Waals surface area contributed by atoms with Crippen molar-refractivity contribution in [2.75, 3.05) is 19.6 Å². The fourth-order valence-corrected chi connectivity index (χ4v) is 2.56. The first-order valence-corrected chi connectivity index (χ1v) is 8.04. The van der Waals surface area contributed by atoms with Crippen molar-refractivity contribution in [3.63, 3.8) is 0 Å². The highest BCUT2D eigenvalue weighted by Gasteiger charge is 2.38. The third kappa shape index (κ3) is 5.30. The van der Waals surface area contributed by atoms with Crippen molar-refractivity contribution < 1.29 is 9.59 Å². The van der Waals surface area contributed by atoms with Crippen LogP contribution in [0.4, 0.5) is 0 Å². The van der Waals surface area contributed by atoms with E-state index in [1.807, 2.05) is 27.7 Å². The molecule has 1 fully saturated rings.